The maximum absolute atomic E-state index is 3.35. The van der Waals surface area contributed by atoms with Crippen LogP contribution in [0, 0.1) is 0 Å². The van der Waals surface area contributed by atoms with E-state index < -0.39 is 6.29 Å². The third-order valence-corrected chi connectivity index (χ3v) is 10.8. The molecule has 0 heterocycles. The molecule has 0 fully saturated rings. The molecule has 16 heavy (non-hydrogen) atoms. The van der Waals surface area contributed by atoms with E-state index in [0.29, 0.717) is 0 Å². The van der Waals surface area contributed by atoms with Crippen LogP contribution >= 0.6 is 39.2 Å². The Morgan fingerprint density at radius 2 is 1.00 bits per heavy atom. The van der Waals surface area contributed by atoms with Gasteiger partial charge in [0.1, 0.15) is 0 Å². The Morgan fingerprint density at radius 3 is 1.19 bits per heavy atom. The van der Waals surface area contributed by atoms with Gasteiger partial charge in [-0.05, 0) is 0 Å². The Labute approximate surface area is 123 Å². The first kappa shape index (κ1) is 19.9. The molecule has 0 aromatic carbocycles. The summed E-state index contributed by atoms with van der Waals surface area (Å²) in [5.41, 5.74) is 0. The van der Waals surface area contributed by atoms with Gasteiger partial charge in [0.05, 0.1) is 0 Å². The molecular weight excluding hydrogens is 345 g/mol. The van der Waals surface area contributed by atoms with Gasteiger partial charge in [-0.3, -0.25) is 0 Å². The second-order valence-electron chi connectivity index (χ2n) is 5.66. The number of rotatable bonds is 9. The SMILES string of the molecule is CCCCP(C)(P)(CCCC)CCCC.I. The van der Waals surface area contributed by atoms with Crippen molar-refractivity contribution in [3.63, 3.8) is 0 Å². The van der Waals surface area contributed by atoms with Crippen LogP contribution in [0.5, 0.6) is 0 Å². The Hall–Kier alpha value is 1.59. The predicted octanol–water partition coefficient (Wildman–Crippen LogP) is 5.98. The number of halogens is 1. The standard InChI is InChI=1S/C13H32P2.HI/c1-5-8-11-15(4,14,12-9-6-2)13-10-7-3;/h5-14H2,1-4H3;1H. The van der Waals surface area contributed by atoms with E-state index in [2.05, 4.69) is 36.4 Å². The van der Waals surface area contributed by atoms with Gasteiger partial charge in [0, 0.05) is 0 Å². The topological polar surface area (TPSA) is 0 Å². The molecule has 0 nitrogen and oxygen atoms in total. The molecule has 3 heteroatoms. The van der Waals surface area contributed by atoms with Gasteiger partial charge in [0.2, 0.25) is 0 Å². The molecule has 0 amide bonds. The summed E-state index contributed by atoms with van der Waals surface area (Å²) in [6, 6.07) is 0. The van der Waals surface area contributed by atoms with E-state index in [9.17, 15) is 0 Å². The maximum Gasteiger partial charge on any atom is -0.107 e. The van der Waals surface area contributed by atoms with Crippen molar-refractivity contribution in [3.8, 4) is 0 Å². The summed E-state index contributed by atoms with van der Waals surface area (Å²) < 4.78 is 0. The molecule has 0 aliphatic rings. The van der Waals surface area contributed by atoms with E-state index in [1.165, 1.54) is 57.0 Å². The summed E-state index contributed by atoms with van der Waals surface area (Å²) >= 11 is 0. The summed E-state index contributed by atoms with van der Waals surface area (Å²) in [5.74, 6) is 0. The van der Waals surface area contributed by atoms with Gasteiger partial charge in [-0.25, -0.2) is 0 Å². The zero-order chi connectivity index (χ0) is 11.8. The molecule has 0 N–H and O–H groups in total. The largest absolute Gasteiger partial charge is 0.107 e. The molecule has 0 aromatic rings. The number of hydrogen-bond donors (Lipinski definition) is 0. The normalized spacial score (nSPS) is 13.9. The molecule has 0 saturated carbocycles. The third kappa shape index (κ3) is 8.65. The van der Waals surface area contributed by atoms with E-state index in [1.54, 1.807) is 0 Å². The molecular formula is C13H33IP2. The van der Waals surface area contributed by atoms with Gasteiger partial charge in [-0.15, -0.1) is 24.0 Å². The summed E-state index contributed by atoms with van der Waals surface area (Å²) in [4.78, 5) is 0. The molecule has 1 unspecified atom stereocenters. The molecule has 0 aromatic heterocycles. The van der Waals surface area contributed by atoms with Crippen LogP contribution in [-0.4, -0.2) is 25.2 Å². The number of unbranched alkanes of at least 4 members (excludes halogenated alkanes) is 3. The zero-order valence-electron chi connectivity index (χ0n) is 11.8. The van der Waals surface area contributed by atoms with Crippen molar-refractivity contribution in [2.24, 2.45) is 0 Å². The van der Waals surface area contributed by atoms with Crippen molar-refractivity contribution in [1.82, 2.24) is 0 Å². The van der Waals surface area contributed by atoms with E-state index >= 15 is 0 Å². The fraction of sp³-hybridized carbons (Fsp3) is 1.00. The minimum Gasteiger partial charge on any atom is -0.107 e. The predicted molar refractivity (Wildman–Crippen MR) is 97.3 cm³/mol. The van der Waals surface area contributed by atoms with Crippen molar-refractivity contribution < 1.29 is 0 Å². The molecule has 0 aliphatic carbocycles. The van der Waals surface area contributed by atoms with Crippen LogP contribution in [0.2, 0.25) is 0 Å². The first-order valence-corrected chi connectivity index (χ1v) is 11.6. The first-order chi connectivity index (χ1) is 6.96. The maximum atomic E-state index is 3.35. The Morgan fingerprint density at radius 1 is 0.750 bits per heavy atom. The van der Waals surface area contributed by atoms with Crippen LogP contribution in [0.15, 0.2) is 0 Å². The summed E-state index contributed by atoms with van der Waals surface area (Å²) in [6.07, 6.45) is 11.5. The smallest absolute Gasteiger partial charge is 0.107 e. The second kappa shape index (κ2) is 9.51. The van der Waals surface area contributed by atoms with Crippen LogP contribution in [0.3, 0.4) is 0 Å². The molecule has 0 bridgehead atoms. The van der Waals surface area contributed by atoms with Crippen molar-refractivity contribution in [2.75, 3.05) is 25.2 Å². The fourth-order valence-electron chi connectivity index (χ4n) is 2.23. The molecule has 0 rings (SSSR count). The molecule has 1 atom stereocenters. The van der Waals surface area contributed by atoms with Crippen molar-refractivity contribution in [1.29, 1.82) is 0 Å². The minimum atomic E-state index is -1.37. The Balaban J connectivity index is 0. The monoisotopic (exact) mass is 378 g/mol. The summed E-state index contributed by atoms with van der Waals surface area (Å²) in [7, 11) is 3.35. The molecule has 0 spiro atoms. The van der Waals surface area contributed by atoms with Gasteiger partial charge >= 0.3 is 99.7 Å². The van der Waals surface area contributed by atoms with Crippen molar-refractivity contribution in [2.45, 2.75) is 59.3 Å². The van der Waals surface area contributed by atoms with E-state index in [4.69, 9.17) is 0 Å². The quantitative estimate of drug-likeness (QED) is 0.342. The van der Waals surface area contributed by atoms with Gasteiger partial charge in [0.15, 0.2) is 0 Å². The van der Waals surface area contributed by atoms with E-state index in [0.717, 1.165) is 0 Å². The summed E-state index contributed by atoms with van der Waals surface area (Å²) in [5, 5.41) is 0. The van der Waals surface area contributed by atoms with Crippen LogP contribution in [0.1, 0.15) is 59.3 Å². The average Bonchev–Trinajstić information content (AvgIpc) is 2.22. The van der Waals surface area contributed by atoms with Crippen LogP contribution in [-0.2, 0) is 0 Å². The summed E-state index contributed by atoms with van der Waals surface area (Å²) in [6.45, 7) is 9.58. The van der Waals surface area contributed by atoms with Crippen molar-refractivity contribution in [3.05, 3.63) is 0 Å². The van der Waals surface area contributed by atoms with E-state index in [-0.39, 0.29) is 24.0 Å². The molecule has 102 valence electrons. The van der Waals surface area contributed by atoms with Crippen LogP contribution < -0.4 is 0 Å². The van der Waals surface area contributed by atoms with Gasteiger partial charge < -0.3 is 0 Å². The van der Waals surface area contributed by atoms with Crippen LogP contribution in [0.25, 0.3) is 0 Å². The second-order valence-corrected chi connectivity index (χ2v) is 16.7. The van der Waals surface area contributed by atoms with E-state index in [1.807, 2.05) is 0 Å². The molecule has 0 radical (unpaired) electrons. The zero-order valence-corrected chi connectivity index (χ0v) is 16.2. The van der Waals surface area contributed by atoms with Crippen LogP contribution in [0.4, 0.5) is 0 Å². The first-order valence-electron chi connectivity index (χ1n) is 6.78. The Bertz CT molecular complexity index is 141. The van der Waals surface area contributed by atoms with Crippen molar-refractivity contribution >= 4 is 39.2 Å². The van der Waals surface area contributed by atoms with Gasteiger partial charge in [-0.2, -0.15) is 0 Å². The molecule has 0 aliphatic heterocycles. The third-order valence-electron chi connectivity index (χ3n) is 3.54. The average molecular weight is 378 g/mol. The van der Waals surface area contributed by atoms with Gasteiger partial charge in [0.25, 0.3) is 0 Å². The molecule has 0 saturated heterocycles. The fourth-order valence-corrected chi connectivity index (χ4v) is 8.33. The minimum absolute atomic E-state index is 0. The Kier molecular flexibility index (Phi) is 11.8. The number of hydrogen-bond acceptors (Lipinski definition) is 0. The van der Waals surface area contributed by atoms with Gasteiger partial charge in [-0.1, -0.05) is 0 Å².